The Kier molecular flexibility index (Phi) is 7.00. The molecule has 1 aliphatic heterocycles. The Bertz CT molecular complexity index is 219. The second-order valence-electron chi connectivity index (χ2n) is 5.23. The zero-order valence-corrected chi connectivity index (χ0v) is 11.2. The van der Waals surface area contributed by atoms with Crippen molar-refractivity contribution in [3.8, 4) is 0 Å². The minimum absolute atomic E-state index is 0.263. The third-order valence-corrected chi connectivity index (χ3v) is 3.41. The van der Waals surface area contributed by atoms with E-state index in [1.165, 1.54) is 6.42 Å². The highest BCUT2D eigenvalue weighted by Gasteiger charge is 2.26. The van der Waals surface area contributed by atoms with Crippen molar-refractivity contribution in [1.82, 2.24) is 10.2 Å². The topological polar surface area (TPSA) is 15.3 Å². The molecule has 1 rings (SSSR count). The average Bonchev–Trinajstić information content (AvgIpc) is 2.72. The molecule has 0 saturated carbocycles. The van der Waals surface area contributed by atoms with Gasteiger partial charge in [0, 0.05) is 13.0 Å². The minimum Gasteiger partial charge on any atom is -0.316 e. The molecule has 0 aromatic heterocycles. The highest BCUT2D eigenvalue weighted by atomic mass is 19.4. The van der Waals surface area contributed by atoms with Gasteiger partial charge in [-0.3, -0.25) is 0 Å². The Balaban J connectivity index is 2.01. The van der Waals surface area contributed by atoms with E-state index in [1.54, 1.807) is 0 Å². The first kappa shape index (κ1) is 15.8. The van der Waals surface area contributed by atoms with E-state index in [2.05, 4.69) is 17.1 Å². The predicted octanol–water partition coefficient (Wildman–Crippen LogP) is 3.04. The van der Waals surface area contributed by atoms with Crippen LogP contribution in [0.15, 0.2) is 0 Å². The van der Waals surface area contributed by atoms with Gasteiger partial charge in [0.1, 0.15) is 0 Å². The summed E-state index contributed by atoms with van der Waals surface area (Å²) in [6.45, 7) is 7.16. The van der Waals surface area contributed by atoms with Crippen LogP contribution in [0.2, 0.25) is 0 Å². The summed E-state index contributed by atoms with van der Waals surface area (Å²) in [5.74, 6) is 0.680. The van der Waals surface area contributed by atoms with Crippen LogP contribution >= 0.6 is 0 Å². The van der Waals surface area contributed by atoms with Crippen molar-refractivity contribution >= 4 is 0 Å². The molecule has 18 heavy (non-hydrogen) atoms. The lowest BCUT2D eigenvalue weighted by atomic mass is 10.1. The zero-order chi connectivity index (χ0) is 13.4. The molecule has 1 N–H and O–H groups in total. The van der Waals surface area contributed by atoms with Gasteiger partial charge in [-0.15, -0.1) is 0 Å². The Morgan fingerprint density at radius 1 is 1.28 bits per heavy atom. The van der Waals surface area contributed by atoms with Gasteiger partial charge in [-0.05, 0) is 57.8 Å². The molecule has 0 aromatic rings. The van der Waals surface area contributed by atoms with Gasteiger partial charge in [0.15, 0.2) is 0 Å². The van der Waals surface area contributed by atoms with Gasteiger partial charge in [0.25, 0.3) is 0 Å². The fraction of sp³-hybridized carbons (Fsp3) is 1.00. The lowest BCUT2D eigenvalue weighted by Crippen LogP contribution is -2.27. The quantitative estimate of drug-likeness (QED) is 0.679. The van der Waals surface area contributed by atoms with Crippen LogP contribution in [-0.2, 0) is 0 Å². The third-order valence-electron chi connectivity index (χ3n) is 3.41. The first-order valence-corrected chi connectivity index (χ1v) is 7.01. The molecule has 2 nitrogen and oxygen atoms in total. The second-order valence-corrected chi connectivity index (χ2v) is 5.23. The van der Waals surface area contributed by atoms with Crippen LogP contribution in [0.1, 0.15) is 39.0 Å². The van der Waals surface area contributed by atoms with Crippen LogP contribution in [0.25, 0.3) is 0 Å². The number of nitrogens with zero attached hydrogens (tertiary/aromatic N) is 1. The molecule has 0 radical (unpaired) electrons. The van der Waals surface area contributed by atoms with E-state index in [-0.39, 0.29) is 6.42 Å². The van der Waals surface area contributed by atoms with Crippen LogP contribution in [0.3, 0.4) is 0 Å². The van der Waals surface area contributed by atoms with Gasteiger partial charge in [-0.2, -0.15) is 13.2 Å². The van der Waals surface area contributed by atoms with E-state index in [1.807, 2.05) is 0 Å². The number of hydrogen-bond donors (Lipinski definition) is 1. The van der Waals surface area contributed by atoms with Gasteiger partial charge in [0.05, 0.1) is 0 Å². The van der Waals surface area contributed by atoms with E-state index >= 15 is 0 Å². The van der Waals surface area contributed by atoms with Crippen molar-refractivity contribution in [2.24, 2.45) is 5.92 Å². The average molecular weight is 266 g/mol. The SMILES string of the molecule is CCCNCC1CCN(CCCCC(F)(F)F)C1. The van der Waals surface area contributed by atoms with E-state index in [4.69, 9.17) is 0 Å². The number of nitrogens with one attached hydrogen (secondary N) is 1. The number of halogens is 3. The number of alkyl halides is 3. The summed E-state index contributed by atoms with van der Waals surface area (Å²) in [4.78, 5) is 2.30. The normalized spacial score (nSPS) is 21.7. The summed E-state index contributed by atoms with van der Waals surface area (Å²) in [6.07, 6.45) is -1.38. The molecule has 0 aliphatic carbocycles. The molecule has 1 heterocycles. The molecule has 0 spiro atoms. The van der Waals surface area contributed by atoms with Gasteiger partial charge in [0.2, 0.25) is 0 Å². The van der Waals surface area contributed by atoms with Crippen LogP contribution in [0.5, 0.6) is 0 Å². The van der Waals surface area contributed by atoms with Crippen LogP contribution in [-0.4, -0.2) is 43.8 Å². The maximum absolute atomic E-state index is 12.0. The number of hydrogen-bond acceptors (Lipinski definition) is 2. The van der Waals surface area contributed by atoms with Gasteiger partial charge in [-0.1, -0.05) is 6.92 Å². The van der Waals surface area contributed by atoms with Gasteiger partial charge in [-0.25, -0.2) is 0 Å². The summed E-state index contributed by atoms with van der Waals surface area (Å²) >= 11 is 0. The first-order chi connectivity index (χ1) is 8.51. The minimum atomic E-state index is -3.99. The van der Waals surface area contributed by atoms with E-state index in [0.717, 1.165) is 39.1 Å². The van der Waals surface area contributed by atoms with Crippen LogP contribution in [0.4, 0.5) is 13.2 Å². The van der Waals surface area contributed by atoms with E-state index in [9.17, 15) is 13.2 Å². The van der Waals surface area contributed by atoms with Crippen molar-refractivity contribution in [3.63, 3.8) is 0 Å². The Labute approximate surface area is 108 Å². The lowest BCUT2D eigenvalue weighted by molar-refractivity contribution is -0.135. The van der Waals surface area contributed by atoms with Gasteiger partial charge >= 0.3 is 6.18 Å². The molecule has 1 aliphatic rings. The van der Waals surface area contributed by atoms with Crippen molar-refractivity contribution in [3.05, 3.63) is 0 Å². The Hall–Kier alpha value is -0.290. The monoisotopic (exact) mass is 266 g/mol. The molecule has 1 fully saturated rings. The number of unbranched alkanes of at least 4 members (excludes halogenated alkanes) is 1. The highest BCUT2D eigenvalue weighted by Crippen LogP contribution is 2.23. The van der Waals surface area contributed by atoms with Crippen molar-refractivity contribution in [2.45, 2.75) is 45.2 Å². The van der Waals surface area contributed by atoms with Crippen molar-refractivity contribution in [2.75, 3.05) is 32.7 Å². The van der Waals surface area contributed by atoms with Crippen LogP contribution < -0.4 is 5.32 Å². The molecule has 1 saturated heterocycles. The smallest absolute Gasteiger partial charge is 0.316 e. The fourth-order valence-electron chi connectivity index (χ4n) is 2.43. The van der Waals surface area contributed by atoms with Crippen molar-refractivity contribution in [1.29, 1.82) is 0 Å². The fourth-order valence-corrected chi connectivity index (χ4v) is 2.43. The predicted molar refractivity (Wildman–Crippen MR) is 67.6 cm³/mol. The molecular weight excluding hydrogens is 241 g/mol. The second kappa shape index (κ2) is 8.00. The third kappa shape index (κ3) is 7.21. The number of likely N-dealkylation sites (tertiary alicyclic amines) is 1. The highest BCUT2D eigenvalue weighted by molar-refractivity contribution is 4.77. The van der Waals surface area contributed by atoms with Crippen LogP contribution in [0, 0.1) is 5.92 Å². The molecule has 0 bridgehead atoms. The molecule has 0 amide bonds. The molecule has 1 unspecified atom stereocenters. The molecule has 108 valence electrons. The summed E-state index contributed by atoms with van der Waals surface area (Å²) in [7, 11) is 0. The molecular formula is C13H25F3N2. The Morgan fingerprint density at radius 3 is 2.72 bits per heavy atom. The summed E-state index contributed by atoms with van der Waals surface area (Å²) in [5.41, 5.74) is 0. The molecule has 1 atom stereocenters. The largest absolute Gasteiger partial charge is 0.389 e. The summed E-state index contributed by atoms with van der Waals surface area (Å²) in [6, 6.07) is 0. The van der Waals surface area contributed by atoms with Crippen molar-refractivity contribution < 1.29 is 13.2 Å². The lowest BCUT2D eigenvalue weighted by Gasteiger charge is -2.16. The zero-order valence-electron chi connectivity index (χ0n) is 11.2. The van der Waals surface area contributed by atoms with Gasteiger partial charge < -0.3 is 10.2 Å². The first-order valence-electron chi connectivity index (χ1n) is 7.01. The van der Waals surface area contributed by atoms with E-state index < -0.39 is 12.6 Å². The standard InChI is InChI=1S/C13H25F3N2/c1-2-7-17-10-12-5-9-18(11-12)8-4-3-6-13(14,15)16/h12,17H,2-11H2,1H3. The summed E-state index contributed by atoms with van der Waals surface area (Å²) < 4.78 is 35.9. The maximum Gasteiger partial charge on any atom is 0.389 e. The molecule has 5 heteroatoms. The molecule has 0 aromatic carbocycles. The number of rotatable bonds is 8. The van der Waals surface area contributed by atoms with E-state index in [0.29, 0.717) is 12.3 Å². The maximum atomic E-state index is 12.0. The Morgan fingerprint density at radius 2 is 2.06 bits per heavy atom. The summed E-state index contributed by atoms with van der Waals surface area (Å²) in [5, 5.41) is 3.41.